The zero-order valence-electron chi connectivity index (χ0n) is 15.0. The van der Waals surface area contributed by atoms with Crippen LogP contribution in [0.25, 0.3) is 0 Å². The topological polar surface area (TPSA) is 91.1 Å². The number of Topliss-reactive ketones (excluding diaryl/α,β-unsaturated/α-hetero) is 1. The highest BCUT2D eigenvalue weighted by Gasteiger charge is 2.19. The van der Waals surface area contributed by atoms with Gasteiger partial charge in [0.2, 0.25) is 5.91 Å². The molecule has 0 saturated carbocycles. The molecular weight excluding hydrogens is 354 g/mol. The van der Waals surface area contributed by atoms with Crippen LogP contribution < -0.4 is 10.6 Å². The van der Waals surface area contributed by atoms with E-state index in [1.807, 2.05) is 0 Å². The van der Waals surface area contributed by atoms with Crippen LogP contribution in [0.15, 0.2) is 24.3 Å². The first kappa shape index (κ1) is 19.7. The number of hydrogen-bond donors (Lipinski definition) is 3. The van der Waals surface area contributed by atoms with E-state index >= 15 is 0 Å². The lowest BCUT2D eigenvalue weighted by molar-refractivity contribution is -0.116. The van der Waals surface area contributed by atoms with Gasteiger partial charge < -0.3 is 15.6 Å². The van der Waals surface area contributed by atoms with E-state index in [1.165, 1.54) is 6.92 Å². The maximum absolute atomic E-state index is 12.3. The molecule has 0 aliphatic heterocycles. The summed E-state index contributed by atoms with van der Waals surface area (Å²) in [7, 11) is 0. The van der Waals surface area contributed by atoms with Crippen molar-refractivity contribution in [3.63, 3.8) is 0 Å². The fraction of sp³-hybridized carbons (Fsp3) is 0.316. The van der Waals surface area contributed by atoms with Gasteiger partial charge in [0.1, 0.15) is 5.69 Å². The molecule has 1 aromatic heterocycles. The highest BCUT2D eigenvalue weighted by molar-refractivity contribution is 6.30. The Morgan fingerprint density at radius 1 is 1.12 bits per heavy atom. The van der Waals surface area contributed by atoms with Crippen LogP contribution in [-0.4, -0.2) is 29.1 Å². The number of carbonyl (C=O) groups excluding carboxylic acids is 3. The summed E-state index contributed by atoms with van der Waals surface area (Å²) >= 11 is 5.80. The highest BCUT2D eigenvalue weighted by atomic mass is 35.5. The molecule has 1 aromatic carbocycles. The van der Waals surface area contributed by atoms with Gasteiger partial charge in [-0.1, -0.05) is 11.6 Å². The number of carbonyl (C=O) groups is 3. The molecule has 0 aliphatic carbocycles. The summed E-state index contributed by atoms with van der Waals surface area (Å²) in [5, 5.41) is 6.14. The Bertz CT molecular complexity index is 825. The van der Waals surface area contributed by atoms with Gasteiger partial charge in [-0.05, 0) is 57.0 Å². The summed E-state index contributed by atoms with van der Waals surface area (Å²) in [6.45, 7) is 5.35. The molecule has 26 heavy (non-hydrogen) atoms. The number of rotatable bonds is 7. The van der Waals surface area contributed by atoms with Crippen molar-refractivity contribution in [1.82, 2.24) is 10.3 Å². The first-order chi connectivity index (χ1) is 12.3. The van der Waals surface area contributed by atoms with Crippen LogP contribution in [0.1, 0.15) is 51.9 Å². The second-order valence-corrected chi connectivity index (χ2v) is 6.53. The van der Waals surface area contributed by atoms with Gasteiger partial charge in [-0.3, -0.25) is 14.4 Å². The number of amides is 2. The second-order valence-electron chi connectivity index (χ2n) is 6.10. The smallest absolute Gasteiger partial charge is 0.268 e. The molecule has 0 radical (unpaired) electrons. The molecule has 2 amide bonds. The molecule has 0 atom stereocenters. The van der Waals surface area contributed by atoms with E-state index in [0.717, 1.165) is 0 Å². The number of ketones is 1. The molecule has 0 unspecified atom stereocenters. The van der Waals surface area contributed by atoms with E-state index in [9.17, 15) is 14.4 Å². The molecule has 0 bridgehead atoms. The zero-order chi connectivity index (χ0) is 19.3. The molecule has 0 saturated heterocycles. The minimum atomic E-state index is -0.281. The van der Waals surface area contributed by atoms with Crippen molar-refractivity contribution in [1.29, 1.82) is 0 Å². The third-order valence-corrected chi connectivity index (χ3v) is 4.26. The van der Waals surface area contributed by atoms with E-state index in [-0.39, 0.29) is 24.0 Å². The van der Waals surface area contributed by atoms with E-state index in [4.69, 9.17) is 11.6 Å². The molecule has 2 rings (SSSR count). The van der Waals surface area contributed by atoms with E-state index < -0.39 is 0 Å². The summed E-state index contributed by atoms with van der Waals surface area (Å²) in [6, 6.07) is 6.86. The number of aromatic nitrogens is 1. The SMILES string of the molecule is CC(=O)c1c(C)[nH]c(C(=O)NCCCC(=O)Nc2ccc(Cl)cc2)c1C. The molecule has 7 heteroatoms. The lowest BCUT2D eigenvalue weighted by Gasteiger charge is -2.07. The lowest BCUT2D eigenvalue weighted by atomic mass is 10.1. The van der Waals surface area contributed by atoms with Crippen molar-refractivity contribution in [2.75, 3.05) is 11.9 Å². The number of anilines is 1. The average molecular weight is 376 g/mol. The fourth-order valence-corrected chi connectivity index (χ4v) is 2.93. The number of hydrogen-bond acceptors (Lipinski definition) is 3. The first-order valence-electron chi connectivity index (χ1n) is 8.33. The number of aromatic amines is 1. The fourth-order valence-electron chi connectivity index (χ4n) is 2.80. The predicted molar refractivity (Wildman–Crippen MR) is 102 cm³/mol. The summed E-state index contributed by atoms with van der Waals surface area (Å²) in [4.78, 5) is 38.7. The number of benzene rings is 1. The highest BCUT2D eigenvalue weighted by Crippen LogP contribution is 2.18. The van der Waals surface area contributed by atoms with Gasteiger partial charge in [-0.25, -0.2) is 0 Å². The van der Waals surface area contributed by atoms with Gasteiger partial charge in [0.15, 0.2) is 5.78 Å². The number of aryl methyl sites for hydroxylation is 1. The third-order valence-electron chi connectivity index (χ3n) is 4.01. The Kier molecular flexibility index (Phi) is 6.58. The van der Waals surface area contributed by atoms with Crippen LogP contribution in [0.3, 0.4) is 0 Å². The van der Waals surface area contributed by atoms with Gasteiger partial charge in [0.25, 0.3) is 5.91 Å². The molecule has 1 heterocycles. The van der Waals surface area contributed by atoms with Crippen molar-refractivity contribution in [2.24, 2.45) is 0 Å². The van der Waals surface area contributed by atoms with Crippen LogP contribution >= 0.6 is 11.6 Å². The molecule has 2 aromatic rings. The molecule has 0 aliphatic rings. The normalized spacial score (nSPS) is 10.5. The molecular formula is C19H22ClN3O3. The summed E-state index contributed by atoms with van der Waals surface area (Å²) in [5.74, 6) is -0.488. The standard InChI is InChI=1S/C19H22ClN3O3/c1-11-17(13(3)24)12(2)22-18(11)19(26)21-10-4-5-16(25)23-15-8-6-14(20)7-9-15/h6-9,22H,4-5,10H2,1-3H3,(H,21,26)(H,23,25). The minimum absolute atomic E-state index is 0.0748. The van der Waals surface area contributed by atoms with E-state index in [1.54, 1.807) is 38.1 Å². The van der Waals surface area contributed by atoms with Crippen LogP contribution in [-0.2, 0) is 4.79 Å². The van der Waals surface area contributed by atoms with Crippen LogP contribution in [0, 0.1) is 13.8 Å². The third kappa shape index (κ3) is 4.95. The Morgan fingerprint density at radius 2 is 1.77 bits per heavy atom. The van der Waals surface area contributed by atoms with Crippen LogP contribution in [0.5, 0.6) is 0 Å². The van der Waals surface area contributed by atoms with Crippen molar-refractivity contribution >= 4 is 34.9 Å². The van der Waals surface area contributed by atoms with Crippen molar-refractivity contribution < 1.29 is 14.4 Å². The average Bonchev–Trinajstić information content (AvgIpc) is 2.88. The molecule has 0 spiro atoms. The first-order valence-corrected chi connectivity index (χ1v) is 8.71. The Morgan fingerprint density at radius 3 is 2.35 bits per heavy atom. The zero-order valence-corrected chi connectivity index (χ0v) is 15.8. The quantitative estimate of drug-likeness (QED) is 0.509. The van der Waals surface area contributed by atoms with Crippen molar-refractivity contribution in [2.45, 2.75) is 33.6 Å². The van der Waals surface area contributed by atoms with Crippen molar-refractivity contribution in [3.05, 3.63) is 51.8 Å². The molecule has 138 valence electrons. The van der Waals surface area contributed by atoms with Gasteiger partial charge in [0, 0.05) is 34.9 Å². The maximum atomic E-state index is 12.3. The van der Waals surface area contributed by atoms with Crippen molar-refractivity contribution in [3.8, 4) is 0 Å². The largest absolute Gasteiger partial charge is 0.354 e. The number of halogens is 1. The Balaban J connectivity index is 1.80. The van der Waals surface area contributed by atoms with Gasteiger partial charge in [0.05, 0.1) is 0 Å². The molecule has 0 fully saturated rings. The summed E-state index contributed by atoms with van der Waals surface area (Å²) in [5.41, 5.74) is 2.95. The maximum Gasteiger partial charge on any atom is 0.268 e. The lowest BCUT2D eigenvalue weighted by Crippen LogP contribution is -2.26. The Labute approximate surface area is 157 Å². The molecule has 6 nitrogen and oxygen atoms in total. The molecule has 3 N–H and O–H groups in total. The van der Waals surface area contributed by atoms with Gasteiger partial charge in [-0.2, -0.15) is 0 Å². The predicted octanol–water partition coefficient (Wildman–Crippen LogP) is 3.64. The monoisotopic (exact) mass is 375 g/mol. The minimum Gasteiger partial charge on any atom is -0.354 e. The summed E-state index contributed by atoms with van der Waals surface area (Å²) < 4.78 is 0. The number of H-pyrrole nitrogens is 1. The second kappa shape index (κ2) is 8.67. The van der Waals surface area contributed by atoms with Crippen LogP contribution in [0.2, 0.25) is 5.02 Å². The van der Waals surface area contributed by atoms with Crippen LogP contribution in [0.4, 0.5) is 5.69 Å². The summed E-state index contributed by atoms with van der Waals surface area (Å²) in [6.07, 6.45) is 0.786. The number of nitrogens with one attached hydrogen (secondary N) is 3. The van der Waals surface area contributed by atoms with Gasteiger partial charge >= 0.3 is 0 Å². The van der Waals surface area contributed by atoms with E-state index in [2.05, 4.69) is 15.6 Å². The van der Waals surface area contributed by atoms with Gasteiger partial charge in [-0.15, -0.1) is 0 Å². The Hall–Kier alpha value is -2.60. The van der Waals surface area contributed by atoms with E-state index in [0.29, 0.717) is 46.2 Å².